The molecule has 0 fully saturated rings. The zero-order valence-corrected chi connectivity index (χ0v) is 20.0. The van der Waals surface area contributed by atoms with Crippen LogP contribution in [-0.2, 0) is 36.9 Å². The SMILES string of the molecule is CNc1nc2c(nc1CCc1ccccc1)-c1ccc(F)cc1CC2.O=CCCc1ccccc1. The average Bonchev–Trinajstić information content (AvgIpc) is 2.91. The van der Waals surface area contributed by atoms with Crippen LogP contribution in [0, 0.1) is 5.82 Å². The summed E-state index contributed by atoms with van der Waals surface area (Å²) in [6.07, 6.45) is 5.78. The minimum Gasteiger partial charge on any atom is -0.372 e. The number of anilines is 1. The third-order valence-corrected chi connectivity index (χ3v) is 6.12. The van der Waals surface area contributed by atoms with E-state index in [4.69, 9.17) is 9.97 Å². The number of hydrogen-bond donors (Lipinski definition) is 1. The van der Waals surface area contributed by atoms with Gasteiger partial charge in [0.2, 0.25) is 0 Å². The molecule has 0 bridgehead atoms. The van der Waals surface area contributed by atoms with Gasteiger partial charge in [-0.15, -0.1) is 0 Å². The van der Waals surface area contributed by atoms with E-state index in [0.717, 1.165) is 72.4 Å². The Bertz CT molecular complexity index is 1260. The number of nitrogens with zero attached hydrogens (tertiary/aromatic N) is 2. The predicted octanol–water partition coefficient (Wildman–Crippen LogP) is 6.03. The van der Waals surface area contributed by atoms with E-state index in [1.54, 1.807) is 6.07 Å². The highest BCUT2D eigenvalue weighted by molar-refractivity contribution is 5.69. The molecule has 4 nitrogen and oxygen atoms in total. The zero-order chi connectivity index (χ0) is 24.5. The molecule has 1 aromatic heterocycles. The Morgan fingerprint density at radius 2 is 1.54 bits per heavy atom. The molecule has 1 N–H and O–H groups in total. The largest absolute Gasteiger partial charge is 0.372 e. The number of rotatable bonds is 7. The van der Waals surface area contributed by atoms with Gasteiger partial charge in [0.15, 0.2) is 0 Å². The number of aromatic nitrogens is 2. The number of hydrogen-bond acceptors (Lipinski definition) is 4. The van der Waals surface area contributed by atoms with Crippen LogP contribution in [0.5, 0.6) is 0 Å². The number of benzene rings is 3. The average molecular weight is 468 g/mol. The first-order valence-electron chi connectivity index (χ1n) is 12.1. The molecule has 0 saturated carbocycles. The van der Waals surface area contributed by atoms with Gasteiger partial charge in [-0.25, -0.2) is 14.4 Å². The second-order valence-electron chi connectivity index (χ2n) is 8.54. The van der Waals surface area contributed by atoms with E-state index in [1.165, 1.54) is 17.2 Å². The van der Waals surface area contributed by atoms with Crippen LogP contribution < -0.4 is 5.32 Å². The van der Waals surface area contributed by atoms with Gasteiger partial charge in [0, 0.05) is 19.0 Å². The van der Waals surface area contributed by atoms with Gasteiger partial charge >= 0.3 is 0 Å². The summed E-state index contributed by atoms with van der Waals surface area (Å²) < 4.78 is 13.5. The fourth-order valence-corrected chi connectivity index (χ4v) is 4.30. The third kappa shape index (κ3) is 6.38. The van der Waals surface area contributed by atoms with Gasteiger partial charge in [0.05, 0.1) is 17.1 Å². The second kappa shape index (κ2) is 12.0. The Kier molecular flexibility index (Phi) is 8.34. The summed E-state index contributed by atoms with van der Waals surface area (Å²) in [5.74, 6) is 0.659. The number of aldehydes is 1. The van der Waals surface area contributed by atoms with Crippen LogP contribution in [0.25, 0.3) is 11.3 Å². The van der Waals surface area contributed by atoms with Crippen LogP contribution in [0.2, 0.25) is 0 Å². The first kappa shape index (κ1) is 24.3. The Balaban J connectivity index is 0.000000243. The summed E-state index contributed by atoms with van der Waals surface area (Å²) in [7, 11) is 1.88. The summed E-state index contributed by atoms with van der Waals surface area (Å²) in [6, 6.07) is 25.4. The van der Waals surface area contributed by atoms with Crippen molar-refractivity contribution in [2.24, 2.45) is 0 Å². The maximum atomic E-state index is 13.5. The quantitative estimate of drug-likeness (QED) is 0.337. The van der Waals surface area contributed by atoms with Crippen LogP contribution in [0.15, 0.2) is 78.9 Å². The van der Waals surface area contributed by atoms with Gasteiger partial charge in [-0.2, -0.15) is 0 Å². The molecule has 0 radical (unpaired) electrons. The number of aryl methyl sites for hydroxylation is 5. The van der Waals surface area contributed by atoms with Crippen molar-refractivity contribution in [2.75, 3.05) is 12.4 Å². The zero-order valence-electron chi connectivity index (χ0n) is 20.0. The molecule has 5 rings (SSSR count). The smallest absolute Gasteiger partial charge is 0.147 e. The van der Waals surface area contributed by atoms with Crippen LogP contribution >= 0.6 is 0 Å². The van der Waals surface area contributed by atoms with E-state index in [0.29, 0.717) is 6.42 Å². The van der Waals surface area contributed by atoms with Crippen LogP contribution in [0.1, 0.15) is 34.5 Å². The van der Waals surface area contributed by atoms with Crippen molar-refractivity contribution < 1.29 is 9.18 Å². The number of fused-ring (bicyclic) bond motifs is 3. The van der Waals surface area contributed by atoms with E-state index in [9.17, 15) is 9.18 Å². The normalized spacial score (nSPS) is 11.5. The van der Waals surface area contributed by atoms with Gasteiger partial charge in [-0.1, -0.05) is 60.7 Å². The lowest BCUT2D eigenvalue weighted by atomic mass is 9.91. The molecule has 4 aromatic rings. The molecular weight excluding hydrogens is 437 g/mol. The molecule has 35 heavy (non-hydrogen) atoms. The van der Waals surface area contributed by atoms with Crippen molar-refractivity contribution in [3.05, 3.63) is 113 Å². The Hall–Kier alpha value is -3.86. The van der Waals surface area contributed by atoms with Gasteiger partial charge in [-0.05, 0) is 67.0 Å². The number of halogens is 1. The first-order valence-corrected chi connectivity index (χ1v) is 12.1. The van der Waals surface area contributed by atoms with Crippen LogP contribution in [-0.4, -0.2) is 23.3 Å². The lowest BCUT2D eigenvalue weighted by Crippen LogP contribution is -2.13. The highest BCUT2D eigenvalue weighted by atomic mass is 19.1. The van der Waals surface area contributed by atoms with Crippen molar-refractivity contribution in [3.63, 3.8) is 0 Å². The summed E-state index contributed by atoms with van der Waals surface area (Å²) in [5.41, 5.74) is 7.41. The van der Waals surface area contributed by atoms with E-state index >= 15 is 0 Å². The second-order valence-corrected chi connectivity index (χ2v) is 8.54. The number of carbonyl (C=O) groups excluding carboxylic acids is 1. The van der Waals surface area contributed by atoms with Gasteiger partial charge in [0.25, 0.3) is 0 Å². The summed E-state index contributed by atoms with van der Waals surface area (Å²) in [4.78, 5) is 19.7. The van der Waals surface area contributed by atoms with Crippen molar-refractivity contribution in [1.29, 1.82) is 0 Å². The molecule has 0 unspecified atom stereocenters. The summed E-state index contributed by atoms with van der Waals surface area (Å²) >= 11 is 0. The lowest BCUT2D eigenvalue weighted by Gasteiger charge is -2.20. The minimum absolute atomic E-state index is 0.189. The third-order valence-electron chi connectivity index (χ3n) is 6.12. The van der Waals surface area contributed by atoms with Crippen molar-refractivity contribution in [3.8, 4) is 11.3 Å². The number of nitrogens with one attached hydrogen (secondary N) is 1. The van der Waals surface area contributed by atoms with E-state index in [-0.39, 0.29) is 5.82 Å². The lowest BCUT2D eigenvalue weighted by molar-refractivity contribution is -0.107. The number of carbonyl (C=O) groups is 1. The standard InChI is InChI=1S/C21H20FN3.C9H10O/c1-23-21-19(11-7-14-5-3-2-4-6-14)24-20-17-10-9-16(22)13-15(17)8-12-18(20)25-21;10-8-4-7-9-5-2-1-3-6-9/h2-6,9-10,13H,7-8,11-12H2,1H3,(H,23,25);1-3,5-6,8H,4,7H2. The molecule has 1 heterocycles. The Morgan fingerprint density at radius 3 is 2.20 bits per heavy atom. The fraction of sp³-hybridized carbons (Fsp3) is 0.233. The van der Waals surface area contributed by atoms with Crippen molar-refractivity contribution in [2.45, 2.75) is 38.5 Å². The predicted molar refractivity (Wildman–Crippen MR) is 139 cm³/mol. The molecule has 1 aliphatic rings. The van der Waals surface area contributed by atoms with E-state index < -0.39 is 0 Å². The molecule has 1 aliphatic carbocycles. The molecule has 0 spiro atoms. The Labute approximate surface area is 206 Å². The topological polar surface area (TPSA) is 54.9 Å². The van der Waals surface area contributed by atoms with Gasteiger partial charge in [-0.3, -0.25) is 0 Å². The minimum atomic E-state index is -0.189. The van der Waals surface area contributed by atoms with E-state index in [1.807, 2.05) is 49.5 Å². The first-order chi connectivity index (χ1) is 17.2. The Morgan fingerprint density at radius 1 is 0.857 bits per heavy atom. The summed E-state index contributed by atoms with van der Waals surface area (Å²) in [5, 5.41) is 3.18. The monoisotopic (exact) mass is 467 g/mol. The molecular formula is C30H30FN3O. The van der Waals surface area contributed by atoms with E-state index in [2.05, 4.69) is 29.6 Å². The molecule has 178 valence electrons. The molecule has 3 aromatic carbocycles. The molecule has 0 amide bonds. The fourth-order valence-electron chi connectivity index (χ4n) is 4.30. The highest BCUT2D eigenvalue weighted by Gasteiger charge is 2.21. The van der Waals surface area contributed by atoms with Crippen LogP contribution in [0.4, 0.5) is 10.2 Å². The molecule has 0 saturated heterocycles. The van der Waals surface area contributed by atoms with Gasteiger partial charge in [0.1, 0.15) is 17.9 Å². The van der Waals surface area contributed by atoms with Crippen LogP contribution in [0.3, 0.4) is 0 Å². The maximum Gasteiger partial charge on any atom is 0.147 e. The molecule has 5 heteroatoms. The summed E-state index contributed by atoms with van der Waals surface area (Å²) in [6.45, 7) is 0. The maximum absolute atomic E-state index is 13.5. The van der Waals surface area contributed by atoms with Crippen molar-refractivity contribution >= 4 is 12.1 Å². The van der Waals surface area contributed by atoms with Gasteiger partial charge < -0.3 is 10.1 Å². The molecule has 0 atom stereocenters. The van der Waals surface area contributed by atoms with Crippen molar-refractivity contribution in [1.82, 2.24) is 9.97 Å². The highest BCUT2D eigenvalue weighted by Crippen LogP contribution is 2.33. The molecule has 0 aliphatic heterocycles.